The topological polar surface area (TPSA) is 9.23 Å². The second-order valence-corrected chi connectivity index (χ2v) is 9.25. The highest BCUT2D eigenvalue weighted by molar-refractivity contribution is 5.31. The van der Waals surface area contributed by atoms with Crippen molar-refractivity contribution in [2.45, 2.75) is 77.0 Å². The summed E-state index contributed by atoms with van der Waals surface area (Å²) in [5.74, 6) is 4.78. The number of ether oxygens (including phenoxy) is 1. The van der Waals surface area contributed by atoms with Crippen molar-refractivity contribution in [3.05, 3.63) is 53.6 Å². The molecule has 1 nitrogen and oxygen atoms in total. The first-order chi connectivity index (χ1) is 13.3. The highest BCUT2D eigenvalue weighted by Crippen LogP contribution is 2.43. The van der Waals surface area contributed by atoms with Gasteiger partial charge in [0.25, 0.3) is 0 Å². The summed E-state index contributed by atoms with van der Waals surface area (Å²) in [5, 5.41) is 0. The molecule has 0 aromatic heterocycles. The first-order valence-corrected chi connectivity index (χ1v) is 11.4. The summed E-state index contributed by atoms with van der Waals surface area (Å²) in [6, 6.07) is 8.98. The van der Waals surface area contributed by atoms with E-state index < -0.39 is 0 Å². The van der Waals surface area contributed by atoms with Crippen molar-refractivity contribution in [2.24, 2.45) is 17.8 Å². The quantitative estimate of drug-likeness (QED) is 0.527. The molecule has 2 saturated carbocycles. The van der Waals surface area contributed by atoms with Gasteiger partial charge < -0.3 is 4.74 Å². The molecule has 1 heteroatoms. The van der Waals surface area contributed by atoms with Gasteiger partial charge in [-0.2, -0.15) is 0 Å². The molecule has 0 aliphatic heterocycles. The van der Waals surface area contributed by atoms with E-state index in [0.717, 1.165) is 35.8 Å². The normalized spacial score (nSPS) is 31.4. The molecule has 27 heavy (non-hydrogen) atoms. The maximum absolute atomic E-state index is 5.97. The predicted molar refractivity (Wildman–Crippen MR) is 114 cm³/mol. The fourth-order valence-corrected chi connectivity index (χ4v) is 5.46. The summed E-state index contributed by atoms with van der Waals surface area (Å²) in [7, 11) is 0. The molecule has 2 fully saturated rings. The van der Waals surface area contributed by atoms with E-state index >= 15 is 0 Å². The molecule has 3 aliphatic rings. The molecule has 0 heterocycles. The molecule has 3 aliphatic carbocycles. The maximum atomic E-state index is 5.97. The molecule has 0 saturated heterocycles. The molecular formula is C26H36O. The standard InChI is InChI=1S/C26H36O/c1-20-7-9-22(10-8-20)23-11-13-24(14-12-23)25-15-17-26(18-16-25)27-19-21-5-3-2-4-6-21/h3,5-6,15-18,20,22-24H,2,4,7-14,19H2,1H3. The Balaban J connectivity index is 1.25. The van der Waals surface area contributed by atoms with Crippen LogP contribution in [0.4, 0.5) is 0 Å². The number of allylic oxidation sites excluding steroid dienone is 2. The van der Waals surface area contributed by atoms with Gasteiger partial charge in [0.05, 0.1) is 0 Å². The molecule has 0 unspecified atom stereocenters. The van der Waals surface area contributed by atoms with Gasteiger partial charge in [0.15, 0.2) is 0 Å². The van der Waals surface area contributed by atoms with Crippen molar-refractivity contribution < 1.29 is 4.74 Å². The second kappa shape index (κ2) is 9.13. The van der Waals surface area contributed by atoms with Crippen LogP contribution in [-0.2, 0) is 0 Å². The van der Waals surface area contributed by atoms with E-state index in [1.54, 1.807) is 0 Å². The van der Waals surface area contributed by atoms with Gasteiger partial charge in [0.1, 0.15) is 12.4 Å². The summed E-state index contributed by atoms with van der Waals surface area (Å²) in [6.45, 7) is 3.13. The average Bonchev–Trinajstić information content (AvgIpc) is 2.74. The van der Waals surface area contributed by atoms with Gasteiger partial charge in [-0.25, -0.2) is 0 Å². The van der Waals surface area contributed by atoms with Gasteiger partial charge in [-0.1, -0.05) is 50.1 Å². The van der Waals surface area contributed by atoms with Crippen LogP contribution in [0.25, 0.3) is 0 Å². The third-order valence-corrected chi connectivity index (χ3v) is 7.33. The predicted octanol–water partition coefficient (Wildman–Crippen LogP) is 7.44. The van der Waals surface area contributed by atoms with Crippen LogP contribution in [-0.4, -0.2) is 6.61 Å². The summed E-state index contributed by atoms with van der Waals surface area (Å²) in [6.07, 6.45) is 20.6. The Bertz CT molecular complexity index is 637. The van der Waals surface area contributed by atoms with E-state index in [4.69, 9.17) is 4.74 Å². The molecule has 0 amide bonds. The Labute approximate surface area is 165 Å². The summed E-state index contributed by atoms with van der Waals surface area (Å²) < 4.78 is 5.97. The third kappa shape index (κ3) is 5.06. The highest BCUT2D eigenvalue weighted by atomic mass is 16.5. The van der Waals surface area contributed by atoms with Crippen molar-refractivity contribution in [3.8, 4) is 5.75 Å². The van der Waals surface area contributed by atoms with Crippen LogP contribution in [0.3, 0.4) is 0 Å². The van der Waals surface area contributed by atoms with Crippen molar-refractivity contribution in [3.63, 3.8) is 0 Å². The van der Waals surface area contributed by atoms with Gasteiger partial charge in [-0.05, 0) is 98.3 Å². The number of hydrogen-bond acceptors (Lipinski definition) is 1. The van der Waals surface area contributed by atoms with E-state index in [1.807, 2.05) is 0 Å². The van der Waals surface area contributed by atoms with E-state index in [1.165, 1.54) is 68.9 Å². The summed E-state index contributed by atoms with van der Waals surface area (Å²) >= 11 is 0. The van der Waals surface area contributed by atoms with Gasteiger partial charge in [0.2, 0.25) is 0 Å². The third-order valence-electron chi connectivity index (χ3n) is 7.33. The monoisotopic (exact) mass is 364 g/mol. The molecular weight excluding hydrogens is 328 g/mol. The fourth-order valence-electron chi connectivity index (χ4n) is 5.46. The first-order valence-electron chi connectivity index (χ1n) is 11.4. The van der Waals surface area contributed by atoms with Crippen LogP contribution in [0, 0.1) is 17.8 Å². The lowest BCUT2D eigenvalue weighted by Crippen LogP contribution is -2.24. The van der Waals surface area contributed by atoms with Crippen LogP contribution in [0.1, 0.15) is 82.6 Å². The Morgan fingerprint density at radius 2 is 1.48 bits per heavy atom. The van der Waals surface area contributed by atoms with Crippen molar-refractivity contribution >= 4 is 0 Å². The zero-order valence-electron chi connectivity index (χ0n) is 17.0. The Morgan fingerprint density at radius 1 is 0.815 bits per heavy atom. The minimum absolute atomic E-state index is 0.695. The summed E-state index contributed by atoms with van der Waals surface area (Å²) in [5.41, 5.74) is 2.83. The fraction of sp³-hybridized carbons (Fsp3) is 0.615. The Morgan fingerprint density at radius 3 is 2.11 bits per heavy atom. The van der Waals surface area contributed by atoms with Crippen LogP contribution < -0.4 is 4.74 Å². The molecule has 146 valence electrons. The zero-order chi connectivity index (χ0) is 18.5. The van der Waals surface area contributed by atoms with Crippen LogP contribution in [0.15, 0.2) is 48.1 Å². The van der Waals surface area contributed by atoms with Gasteiger partial charge in [-0.15, -0.1) is 0 Å². The van der Waals surface area contributed by atoms with Crippen molar-refractivity contribution in [1.29, 1.82) is 0 Å². The molecule has 0 bridgehead atoms. The molecule has 0 atom stereocenters. The van der Waals surface area contributed by atoms with Crippen LogP contribution in [0.2, 0.25) is 0 Å². The van der Waals surface area contributed by atoms with E-state index in [9.17, 15) is 0 Å². The largest absolute Gasteiger partial charge is 0.489 e. The maximum Gasteiger partial charge on any atom is 0.119 e. The molecule has 0 spiro atoms. The first kappa shape index (κ1) is 18.8. The smallest absolute Gasteiger partial charge is 0.119 e. The lowest BCUT2D eigenvalue weighted by atomic mass is 9.68. The SMILES string of the molecule is CC1CCC(C2CCC(c3ccc(OCC4=CCCC=C4)cc3)CC2)CC1. The van der Waals surface area contributed by atoms with Gasteiger partial charge >= 0.3 is 0 Å². The molecule has 0 radical (unpaired) electrons. The van der Waals surface area contributed by atoms with Gasteiger partial charge in [0, 0.05) is 0 Å². The van der Waals surface area contributed by atoms with E-state index in [0.29, 0.717) is 6.61 Å². The minimum Gasteiger partial charge on any atom is -0.489 e. The lowest BCUT2D eigenvalue weighted by molar-refractivity contribution is 0.165. The lowest BCUT2D eigenvalue weighted by Gasteiger charge is -2.37. The number of hydrogen-bond donors (Lipinski definition) is 0. The van der Waals surface area contributed by atoms with Crippen LogP contribution in [0.5, 0.6) is 5.75 Å². The Hall–Kier alpha value is -1.50. The molecule has 1 aromatic carbocycles. The Kier molecular flexibility index (Phi) is 6.37. The number of rotatable bonds is 5. The van der Waals surface area contributed by atoms with Crippen LogP contribution >= 0.6 is 0 Å². The molecule has 0 N–H and O–H groups in total. The molecule has 4 rings (SSSR count). The van der Waals surface area contributed by atoms with E-state index in [-0.39, 0.29) is 0 Å². The van der Waals surface area contributed by atoms with Crippen molar-refractivity contribution in [1.82, 2.24) is 0 Å². The minimum atomic E-state index is 0.695. The second-order valence-electron chi connectivity index (χ2n) is 9.25. The zero-order valence-corrected chi connectivity index (χ0v) is 17.0. The summed E-state index contributed by atoms with van der Waals surface area (Å²) in [4.78, 5) is 0. The van der Waals surface area contributed by atoms with Gasteiger partial charge in [-0.3, -0.25) is 0 Å². The number of benzene rings is 1. The highest BCUT2D eigenvalue weighted by Gasteiger charge is 2.30. The molecule has 1 aromatic rings. The average molecular weight is 365 g/mol. The van der Waals surface area contributed by atoms with Crippen molar-refractivity contribution in [2.75, 3.05) is 6.61 Å². The van der Waals surface area contributed by atoms with E-state index in [2.05, 4.69) is 49.4 Å².